The molecule has 2 unspecified atom stereocenters. The van der Waals surface area contributed by atoms with Crippen molar-refractivity contribution in [2.45, 2.75) is 24.3 Å². The topological polar surface area (TPSA) is 98.5 Å². The number of hydrogen-bond donors (Lipinski definition) is 2. The number of rotatable bonds is 3. The second-order valence-electron chi connectivity index (χ2n) is 4.75. The highest BCUT2D eigenvalue weighted by Gasteiger charge is 2.28. The highest BCUT2D eigenvalue weighted by Crippen LogP contribution is 2.27. The molecule has 1 aliphatic heterocycles. The summed E-state index contributed by atoms with van der Waals surface area (Å²) in [6.07, 6.45) is 0.713. The molecule has 20 heavy (non-hydrogen) atoms. The first-order valence-electron chi connectivity index (χ1n) is 6.02. The molecule has 8 heteroatoms. The number of nitrogens with one attached hydrogen (secondary N) is 1. The minimum atomic E-state index is -3.81. The van der Waals surface area contributed by atoms with E-state index in [1.165, 1.54) is 18.2 Å². The van der Waals surface area contributed by atoms with Gasteiger partial charge in [0.25, 0.3) is 0 Å². The molecule has 1 amide bonds. The average Bonchev–Trinajstić information content (AvgIpc) is 2.77. The molecular formula is C12H15ClN2O4S. The number of hydrogen-bond acceptors (Lipinski definition) is 4. The molecule has 0 spiro atoms. The normalized spacial score (nSPS) is 22.8. The predicted molar refractivity (Wildman–Crippen MR) is 75.0 cm³/mol. The maximum atomic E-state index is 12.0. The summed E-state index contributed by atoms with van der Waals surface area (Å²) in [4.78, 5) is 11.9. The molecule has 3 N–H and O–H groups in total. The molecule has 0 saturated carbocycles. The lowest BCUT2D eigenvalue weighted by Crippen LogP contribution is -2.23. The third-order valence-electron chi connectivity index (χ3n) is 3.10. The summed E-state index contributed by atoms with van der Waals surface area (Å²) in [5, 5.41) is 7.79. The van der Waals surface area contributed by atoms with Crippen molar-refractivity contribution in [3.05, 3.63) is 23.2 Å². The van der Waals surface area contributed by atoms with Crippen LogP contribution in [0.4, 0.5) is 5.69 Å². The van der Waals surface area contributed by atoms with Gasteiger partial charge in [0.1, 0.15) is 0 Å². The molecule has 0 aromatic heterocycles. The van der Waals surface area contributed by atoms with Crippen molar-refractivity contribution in [2.75, 3.05) is 11.9 Å². The van der Waals surface area contributed by atoms with Gasteiger partial charge in [0, 0.05) is 0 Å². The molecular weight excluding hydrogens is 304 g/mol. The van der Waals surface area contributed by atoms with Crippen molar-refractivity contribution in [1.29, 1.82) is 0 Å². The number of carbonyl (C=O) groups excluding carboxylic acids is 1. The molecule has 1 aromatic carbocycles. The van der Waals surface area contributed by atoms with Crippen molar-refractivity contribution >= 4 is 33.2 Å². The lowest BCUT2D eigenvalue weighted by Gasteiger charge is -2.11. The Morgan fingerprint density at radius 3 is 2.70 bits per heavy atom. The summed E-state index contributed by atoms with van der Waals surface area (Å²) >= 11 is 5.95. The minimum Gasteiger partial charge on any atom is -0.378 e. The van der Waals surface area contributed by atoms with Crippen LogP contribution in [-0.2, 0) is 19.6 Å². The van der Waals surface area contributed by atoms with Gasteiger partial charge in [0.15, 0.2) is 0 Å². The number of anilines is 1. The molecule has 0 aliphatic carbocycles. The molecule has 1 saturated heterocycles. The van der Waals surface area contributed by atoms with Crippen molar-refractivity contribution in [3.8, 4) is 0 Å². The lowest BCUT2D eigenvalue weighted by atomic mass is 10.1. The summed E-state index contributed by atoms with van der Waals surface area (Å²) < 4.78 is 27.7. The van der Waals surface area contributed by atoms with Gasteiger partial charge in [-0.05, 0) is 31.5 Å². The zero-order valence-corrected chi connectivity index (χ0v) is 12.4. The Hall–Kier alpha value is -1.15. The molecule has 1 aromatic rings. The second-order valence-corrected chi connectivity index (χ2v) is 6.72. The number of nitrogens with two attached hydrogens (primary N) is 1. The summed E-state index contributed by atoms with van der Waals surface area (Å²) in [5.41, 5.74) is 0.351. The van der Waals surface area contributed by atoms with Gasteiger partial charge in [-0.25, -0.2) is 13.6 Å². The molecule has 1 heterocycles. The standard InChI is InChI=1S/C12H15ClN2O4S/c1-7-4-8(6-19-7)12(16)15-11-3-2-9(5-10(11)13)20(14,17)18/h2-3,5,7-8H,4,6H2,1H3,(H,15,16)(H2,14,17,18). The van der Waals surface area contributed by atoms with Crippen LogP contribution in [0.25, 0.3) is 0 Å². The van der Waals surface area contributed by atoms with E-state index in [0.717, 1.165) is 0 Å². The van der Waals surface area contributed by atoms with Gasteiger partial charge in [0.05, 0.1) is 34.2 Å². The Bertz CT molecular complexity index is 632. The number of sulfonamides is 1. The van der Waals surface area contributed by atoms with Crippen LogP contribution < -0.4 is 10.5 Å². The lowest BCUT2D eigenvalue weighted by molar-refractivity contribution is -0.119. The van der Waals surface area contributed by atoms with Crippen LogP contribution in [0.5, 0.6) is 0 Å². The number of halogens is 1. The molecule has 6 nitrogen and oxygen atoms in total. The van der Waals surface area contributed by atoms with E-state index in [2.05, 4.69) is 5.32 Å². The Morgan fingerprint density at radius 1 is 1.50 bits per heavy atom. The quantitative estimate of drug-likeness (QED) is 0.878. The zero-order valence-electron chi connectivity index (χ0n) is 10.8. The van der Waals surface area contributed by atoms with Crippen LogP contribution in [0.2, 0.25) is 5.02 Å². The number of primary sulfonamides is 1. The van der Waals surface area contributed by atoms with Gasteiger partial charge >= 0.3 is 0 Å². The van der Waals surface area contributed by atoms with Gasteiger partial charge < -0.3 is 10.1 Å². The Balaban J connectivity index is 2.12. The third-order valence-corrected chi connectivity index (χ3v) is 4.32. The van der Waals surface area contributed by atoms with Crippen LogP contribution in [0.1, 0.15) is 13.3 Å². The van der Waals surface area contributed by atoms with Crippen LogP contribution in [0, 0.1) is 5.92 Å². The van der Waals surface area contributed by atoms with Crippen LogP contribution >= 0.6 is 11.6 Å². The van der Waals surface area contributed by atoms with Crippen LogP contribution in [0.3, 0.4) is 0 Å². The fourth-order valence-electron chi connectivity index (χ4n) is 2.01. The highest BCUT2D eigenvalue weighted by atomic mass is 35.5. The van der Waals surface area contributed by atoms with Gasteiger partial charge in [0.2, 0.25) is 15.9 Å². The van der Waals surface area contributed by atoms with Gasteiger partial charge in [-0.1, -0.05) is 11.6 Å². The fraction of sp³-hybridized carbons (Fsp3) is 0.417. The largest absolute Gasteiger partial charge is 0.378 e. The van der Waals surface area contributed by atoms with E-state index in [4.69, 9.17) is 21.5 Å². The van der Waals surface area contributed by atoms with Crippen LogP contribution in [-0.4, -0.2) is 27.0 Å². The summed E-state index contributed by atoms with van der Waals surface area (Å²) in [6.45, 7) is 2.28. The van der Waals surface area contributed by atoms with E-state index in [0.29, 0.717) is 18.7 Å². The van der Waals surface area contributed by atoms with Crippen molar-refractivity contribution < 1.29 is 17.9 Å². The average molecular weight is 319 g/mol. The maximum absolute atomic E-state index is 12.0. The number of benzene rings is 1. The molecule has 1 fully saturated rings. The fourth-order valence-corrected chi connectivity index (χ4v) is 2.84. The van der Waals surface area contributed by atoms with Crippen molar-refractivity contribution in [3.63, 3.8) is 0 Å². The summed E-state index contributed by atoms with van der Waals surface area (Å²) in [7, 11) is -3.81. The van der Waals surface area contributed by atoms with E-state index >= 15 is 0 Å². The number of carbonyl (C=O) groups is 1. The molecule has 110 valence electrons. The maximum Gasteiger partial charge on any atom is 0.238 e. The second kappa shape index (κ2) is 5.69. The first kappa shape index (κ1) is 15.2. The summed E-state index contributed by atoms with van der Waals surface area (Å²) in [5.74, 6) is -0.418. The molecule has 0 radical (unpaired) electrons. The third kappa shape index (κ3) is 3.49. The monoisotopic (exact) mass is 318 g/mol. The van der Waals surface area contributed by atoms with Gasteiger partial charge in [-0.15, -0.1) is 0 Å². The number of ether oxygens (including phenoxy) is 1. The zero-order chi connectivity index (χ0) is 14.9. The summed E-state index contributed by atoms with van der Waals surface area (Å²) in [6, 6.07) is 3.92. The Labute approximate surface area is 122 Å². The van der Waals surface area contributed by atoms with E-state index < -0.39 is 10.0 Å². The van der Waals surface area contributed by atoms with E-state index in [-0.39, 0.29) is 27.8 Å². The Kier molecular flexibility index (Phi) is 4.33. The molecule has 2 atom stereocenters. The van der Waals surface area contributed by atoms with E-state index in [9.17, 15) is 13.2 Å². The van der Waals surface area contributed by atoms with Gasteiger partial charge in [-0.2, -0.15) is 0 Å². The molecule has 1 aliphatic rings. The van der Waals surface area contributed by atoms with Gasteiger partial charge in [-0.3, -0.25) is 4.79 Å². The first-order chi connectivity index (χ1) is 9.27. The van der Waals surface area contributed by atoms with Crippen LogP contribution in [0.15, 0.2) is 23.1 Å². The van der Waals surface area contributed by atoms with Crippen molar-refractivity contribution in [1.82, 2.24) is 0 Å². The smallest absolute Gasteiger partial charge is 0.238 e. The molecule has 0 bridgehead atoms. The van der Waals surface area contributed by atoms with E-state index in [1.807, 2.05) is 6.92 Å². The first-order valence-corrected chi connectivity index (χ1v) is 7.94. The van der Waals surface area contributed by atoms with Crippen molar-refractivity contribution in [2.24, 2.45) is 11.1 Å². The minimum absolute atomic E-state index is 0.0611. The van der Waals surface area contributed by atoms with E-state index in [1.54, 1.807) is 0 Å². The SMILES string of the molecule is CC1CC(C(=O)Nc2ccc(S(N)(=O)=O)cc2Cl)CO1. The molecule has 2 rings (SSSR count). The Morgan fingerprint density at radius 2 is 2.20 bits per heavy atom. The predicted octanol–water partition coefficient (Wildman–Crippen LogP) is 1.35. The number of amides is 1. The highest BCUT2D eigenvalue weighted by molar-refractivity contribution is 7.89.